The Kier molecular flexibility index (Phi) is 3.75. The number of ether oxygens (including phenoxy) is 1. The van der Waals surface area contributed by atoms with Crippen molar-refractivity contribution < 1.29 is 9.53 Å². The van der Waals surface area contributed by atoms with Crippen LogP contribution in [0.3, 0.4) is 0 Å². The molecule has 0 fully saturated rings. The average Bonchev–Trinajstić information content (AvgIpc) is 3.25. The van der Waals surface area contributed by atoms with E-state index in [1.807, 2.05) is 59.4 Å². The number of carbonyl (C=O) groups excluding carboxylic acids is 1. The van der Waals surface area contributed by atoms with Gasteiger partial charge in [0.05, 0.1) is 11.4 Å². The van der Waals surface area contributed by atoms with Crippen LogP contribution in [0, 0.1) is 0 Å². The summed E-state index contributed by atoms with van der Waals surface area (Å²) in [6.45, 7) is 0. The van der Waals surface area contributed by atoms with Gasteiger partial charge in [-0.05, 0) is 42.0 Å². The molecular weight excluding hydrogens is 324 g/mol. The predicted molar refractivity (Wildman–Crippen MR) is 94.0 cm³/mol. The molecule has 120 valence electrons. The van der Waals surface area contributed by atoms with Crippen LogP contribution in [0.2, 0.25) is 5.02 Å². The lowest BCUT2D eigenvalue weighted by Crippen LogP contribution is -2.31. The van der Waals surface area contributed by atoms with Crippen molar-refractivity contribution in [2.24, 2.45) is 0 Å². The zero-order chi connectivity index (χ0) is 16.5. The number of halogens is 1. The number of carbonyl (C=O) groups is 1. The number of para-hydroxylation sites is 1. The van der Waals surface area contributed by atoms with E-state index in [1.165, 1.54) is 0 Å². The maximum atomic E-state index is 12.6. The molecule has 0 saturated carbocycles. The van der Waals surface area contributed by atoms with Crippen LogP contribution in [0.5, 0.6) is 5.75 Å². The molecule has 1 amide bonds. The number of benzene rings is 2. The number of hydrogen-bond donors (Lipinski definition) is 1. The van der Waals surface area contributed by atoms with Crippen LogP contribution in [-0.2, 0) is 11.2 Å². The largest absolute Gasteiger partial charge is 0.480 e. The SMILES string of the molecule is O=C(Nc1ccc(Cl)cc1-n1cccc1)C1Cc2ccccc2O1. The third-order valence-electron chi connectivity index (χ3n) is 4.04. The van der Waals surface area contributed by atoms with Crippen LogP contribution in [0.1, 0.15) is 5.56 Å². The Morgan fingerprint density at radius 2 is 1.92 bits per heavy atom. The number of aromatic nitrogens is 1. The highest BCUT2D eigenvalue weighted by Gasteiger charge is 2.29. The van der Waals surface area contributed by atoms with Gasteiger partial charge < -0.3 is 14.6 Å². The summed E-state index contributed by atoms with van der Waals surface area (Å²) in [7, 11) is 0. The maximum Gasteiger partial charge on any atom is 0.265 e. The summed E-state index contributed by atoms with van der Waals surface area (Å²) in [4.78, 5) is 12.6. The van der Waals surface area contributed by atoms with Crippen molar-refractivity contribution in [2.75, 3.05) is 5.32 Å². The molecule has 0 bridgehead atoms. The number of rotatable bonds is 3. The van der Waals surface area contributed by atoms with Crippen molar-refractivity contribution >= 4 is 23.2 Å². The monoisotopic (exact) mass is 338 g/mol. The Bertz CT molecular complexity index is 865. The molecular formula is C19H15ClN2O2. The lowest BCUT2D eigenvalue weighted by Gasteiger charge is -2.15. The number of hydrogen-bond acceptors (Lipinski definition) is 2. The number of anilines is 1. The molecule has 0 spiro atoms. The summed E-state index contributed by atoms with van der Waals surface area (Å²) in [5.74, 6) is 0.612. The van der Waals surface area contributed by atoms with Gasteiger partial charge in [0.1, 0.15) is 5.75 Å². The second kappa shape index (κ2) is 6.06. The van der Waals surface area contributed by atoms with Gasteiger partial charge in [-0.3, -0.25) is 4.79 Å². The number of fused-ring (bicyclic) bond motifs is 1. The lowest BCUT2D eigenvalue weighted by molar-refractivity contribution is -0.122. The fourth-order valence-electron chi connectivity index (χ4n) is 2.86. The summed E-state index contributed by atoms with van der Waals surface area (Å²) in [6.07, 6.45) is 3.87. The fraction of sp³-hybridized carbons (Fsp3) is 0.105. The normalized spacial score (nSPS) is 15.6. The van der Waals surface area contributed by atoms with Gasteiger partial charge in [-0.1, -0.05) is 29.8 Å². The van der Waals surface area contributed by atoms with E-state index in [1.54, 1.807) is 12.1 Å². The molecule has 1 N–H and O–H groups in total. The van der Waals surface area contributed by atoms with E-state index in [4.69, 9.17) is 16.3 Å². The quantitative estimate of drug-likeness (QED) is 0.782. The topological polar surface area (TPSA) is 43.3 Å². The molecule has 0 aliphatic carbocycles. The molecule has 24 heavy (non-hydrogen) atoms. The molecule has 1 unspecified atom stereocenters. The van der Waals surface area contributed by atoms with Crippen LogP contribution < -0.4 is 10.1 Å². The third kappa shape index (κ3) is 2.76. The molecule has 5 heteroatoms. The van der Waals surface area contributed by atoms with E-state index in [0.717, 1.165) is 17.0 Å². The number of amides is 1. The summed E-state index contributed by atoms with van der Waals surface area (Å²) < 4.78 is 7.66. The van der Waals surface area contributed by atoms with Crippen molar-refractivity contribution in [1.29, 1.82) is 0 Å². The number of nitrogens with zero attached hydrogens (tertiary/aromatic N) is 1. The molecule has 0 saturated heterocycles. The van der Waals surface area contributed by atoms with E-state index in [2.05, 4.69) is 5.32 Å². The molecule has 0 radical (unpaired) electrons. The Morgan fingerprint density at radius 1 is 1.12 bits per heavy atom. The maximum absolute atomic E-state index is 12.6. The first-order chi connectivity index (χ1) is 11.7. The summed E-state index contributed by atoms with van der Waals surface area (Å²) in [5.41, 5.74) is 2.57. The van der Waals surface area contributed by atoms with E-state index in [-0.39, 0.29) is 5.91 Å². The minimum atomic E-state index is -0.518. The standard InChI is InChI=1S/C19H15ClN2O2/c20-14-7-8-15(16(12-14)22-9-3-4-10-22)21-19(23)18-11-13-5-1-2-6-17(13)24-18/h1-10,12,18H,11H2,(H,21,23). The van der Waals surface area contributed by atoms with Gasteiger partial charge in [0.15, 0.2) is 6.10 Å². The molecule has 1 aliphatic rings. The van der Waals surface area contributed by atoms with Crippen molar-refractivity contribution in [2.45, 2.75) is 12.5 Å². The predicted octanol–water partition coefficient (Wildman–Crippen LogP) is 4.07. The molecule has 2 aromatic carbocycles. The van der Waals surface area contributed by atoms with Crippen molar-refractivity contribution in [3.05, 3.63) is 77.6 Å². The van der Waals surface area contributed by atoms with Crippen molar-refractivity contribution in [3.8, 4) is 11.4 Å². The van der Waals surface area contributed by atoms with Gasteiger partial charge in [0, 0.05) is 23.8 Å². The second-order valence-corrected chi connectivity index (χ2v) is 6.10. The highest BCUT2D eigenvalue weighted by atomic mass is 35.5. The van der Waals surface area contributed by atoms with Crippen LogP contribution in [0.15, 0.2) is 67.0 Å². The Balaban J connectivity index is 1.57. The van der Waals surface area contributed by atoms with E-state index in [0.29, 0.717) is 17.1 Å². The van der Waals surface area contributed by atoms with Gasteiger partial charge >= 0.3 is 0 Å². The van der Waals surface area contributed by atoms with Crippen LogP contribution >= 0.6 is 11.6 Å². The van der Waals surface area contributed by atoms with Gasteiger partial charge in [-0.2, -0.15) is 0 Å². The van der Waals surface area contributed by atoms with Gasteiger partial charge in [0.2, 0.25) is 0 Å². The minimum Gasteiger partial charge on any atom is -0.480 e. The van der Waals surface area contributed by atoms with Gasteiger partial charge in [-0.15, -0.1) is 0 Å². The van der Waals surface area contributed by atoms with Crippen molar-refractivity contribution in [3.63, 3.8) is 0 Å². The highest BCUT2D eigenvalue weighted by molar-refractivity contribution is 6.31. The minimum absolute atomic E-state index is 0.165. The van der Waals surface area contributed by atoms with Gasteiger partial charge in [0.25, 0.3) is 5.91 Å². The number of nitrogens with one attached hydrogen (secondary N) is 1. The zero-order valence-corrected chi connectivity index (χ0v) is 13.5. The van der Waals surface area contributed by atoms with Crippen LogP contribution in [-0.4, -0.2) is 16.6 Å². The molecule has 1 aromatic heterocycles. The molecule has 2 heterocycles. The molecule has 1 aliphatic heterocycles. The molecule has 1 atom stereocenters. The van der Waals surface area contributed by atoms with Gasteiger partial charge in [-0.25, -0.2) is 0 Å². The van der Waals surface area contributed by atoms with Crippen LogP contribution in [0.4, 0.5) is 5.69 Å². The molecule has 4 rings (SSSR count). The molecule has 3 aromatic rings. The highest BCUT2D eigenvalue weighted by Crippen LogP contribution is 2.30. The van der Waals surface area contributed by atoms with Crippen molar-refractivity contribution in [1.82, 2.24) is 4.57 Å². The van der Waals surface area contributed by atoms with E-state index < -0.39 is 6.10 Å². The first kappa shape index (κ1) is 14.8. The first-order valence-electron chi connectivity index (χ1n) is 7.69. The van der Waals surface area contributed by atoms with E-state index in [9.17, 15) is 4.79 Å². The zero-order valence-electron chi connectivity index (χ0n) is 12.8. The third-order valence-corrected chi connectivity index (χ3v) is 4.27. The summed E-state index contributed by atoms with van der Waals surface area (Å²) >= 11 is 6.11. The Labute approximate surface area is 144 Å². The fourth-order valence-corrected chi connectivity index (χ4v) is 3.03. The average molecular weight is 339 g/mol. The second-order valence-electron chi connectivity index (χ2n) is 5.66. The van der Waals surface area contributed by atoms with Crippen LogP contribution in [0.25, 0.3) is 5.69 Å². The lowest BCUT2D eigenvalue weighted by atomic mass is 10.1. The first-order valence-corrected chi connectivity index (χ1v) is 8.07. The Hall–Kier alpha value is -2.72. The molecule has 4 nitrogen and oxygen atoms in total. The summed E-state index contributed by atoms with van der Waals surface area (Å²) in [6, 6.07) is 16.9. The smallest absolute Gasteiger partial charge is 0.265 e. The Morgan fingerprint density at radius 3 is 2.71 bits per heavy atom. The van der Waals surface area contributed by atoms with E-state index >= 15 is 0 Å². The summed E-state index contributed by atoms with van der Waals surface area (Å²) in [5, 5.41) is 3.57.